The van der Waals surface area contributed by atoms with E-state index in [1.807, 2.05) is 6.92 Å². The van der Waals surface area contributed by atoms with Crippen LogP contribution in [0.4, 0.5) is 0 Å². The number of hydrogen-bond donors (Lipinski definition) is 0. The molecule has 1 saturated carbocycles. The van der Waals surface area contributed by atoms with Gasteiger partial charge in [0.2, 0.25) is 10.0 Å². The van der Waals surface area contributed by atoms with Crippen molar-refractivity contribution in [3.8, 4) is 0 Å². The van der Waals surface area contributed by atoms with E-state index in [-0.39, 0.29) is 0 Å². The van der Waals surface area contributed by atoms with Crippen molar-refractivity contribution in [2.45, 2.75) is 26.2 Å². The molecule has 3 aliphatic rings. The molecule has 3 rings (SSSR count). The molecule has 1 aliphatic heterocycles. The van der Waals surface area contributed by atoms with Crippen molar-refractivity contribution in [2.24, 2.45) is 17.8 Å². The Balaban J connectivity index is 1.48. The van der Waals surface area contributed by atoms with Crippen molar-refractivity contribution >= 4 is 10.0 Å². The average molecular weight is 298 g/mol. The fraction of sp³-hybridized carbons (Fsp3) is 0.867. The van der Waals surface area contributed by atoms with Crippen LogP contribution in [0.5, 0.6) is 0 Å². The summed E-state index contributed by atoms with van der Waals surface area (Å²) < 4.78 is 25.8. The van der Waals surface area contributed by atoms with Crippen LogP contribution in [0.15, 0.2) is 12.2 Å². The fourth-order valence-corrected chi connectivity index (χ4v) is 5.51. The third-order valence-electron chi connectivity index (χ3n) is 5.10. The van der Waals surface area contributed by atoms with Gasteiger partial charge in [-0.15, -0.1) is 0 Å². The Morgan fingerprint density at radius 3 is 2.40 bits per heavy atom. The van der Waals surface area contributed by atoms with Crippen LogP contribution in [0, 0.1) is 17.8 Å². The summed E-state index contributed by atoms with van der Waals surface area (Å²) in [6, 6.07) is 0. The summed E-state index contributed by atoms with van der Waals surface area (Å²) in [5.74, 6) is 2.73. The van der Waals surface area contributed by atoms with Gasteiger partial charge in [0.25, 0.3) is 0 Å². The highest BCUT2D eigenvalue weighted by Gasteiger charge is 2.37. The second kappa shape index (κ2) is 5.78. The predicted octanol–water partition coefficient (Wildman–Crippen LogP) is 1.56. The number of nitrogens with zero attached hydrogens (tertiary/aromatic N) is 2. The minimum Gasteiger partial charge on any atom is -0.300 e. The van der Waals surface area contributed by atoms with E-state index >= 15 is 0 Å². The Morgan fingerprint density at radius 1 is 1.10 bits per heavy atom. The second-order valence-corrected chi connectivity index (χ2v) is 8.64. The molecule has 4 nitrogen and oxygen atoms in total. The van der Waals surface area contributed by atoms with Gasteiger partial charge >= 0.3 is 0 Å². The molecule has 2 aliphatic carbocycles. The molecule has 0 radical (unpaired) electrons. The van der Waals surface area contributed by atoms with Gasteiger partial charge in [-0.2, -0.15) is 4.31 Å². The molecule has 20 heavy (non-hydrogen) atoms. The maximum Gasteiger partial charge on any atom is 0.214 e. The van der Waals surface area contributed by atoms with Gasteiger partial charge in [-0.25, -0.2) is 8.42 Å². The summed E-state index contributed by atoms with van der Waals surface area (Å²) in [6.45, 7) is 6.25. The van der Waals surface area contributed by atoms with E-state index in [2.05, 4.69) is 17.1 Å². The number of hydrogen-bond acceptors (Lipinski definition) is 3. The van der Waals surface area contributed by atoms with Crippen LogP contribution in [-0.2, 0) is 10.0 Å². The predicted molar refractivity (Wildman–Crippen MR) is 80.9 cm³/mol. The van der Waals surface area contributed by atoms with Gasteiger partial charge in [0.15, 0.2) is 0 Å². The molecule has 0 unspecified atom stereocenters. The van der Waals surface area contributed by atoms with Crippen molar-refractivity contribution in [1.29, 1.82) is 0 Å². The number of rotatable bonds is 5. The first-order valence-electron chi connectivity index (χ1n) is 7.97. The molecule has 0 aromatic heterocycles. The lowest BCUT2D eigenvalue weighted by Crippen LogP contribution is -2.50. The van der Waals surface area contributed by atoms with Crippen molar-refractivity contribution in [2.75, 3.05) is 38.5 Å². The molecule has 5 heteroatoms. The third kappa shape index (κ3) is 2.95. The summed E-state index contributed by atoms with van der Waals surface area (Å²) in [5, 5.41) is 0. The van der Waals surface area contributed by atoms with Crippen molar-refractivity contribution < 1.29 is 8.42 Å². The maximum atomic E-state index is 12.0. The first kappa shape index (κ1) is 14.5. The van der Waals surface area contributed by atoms with Gasteiger partial charge in [-0.1, -0.05) is 19.1 Å². The van der Waals surface area contributed by atoms with Crippen LogP contribution in [0.25, 0.3) is 0 Å². The zero-order valence-corrected chi connectivity index (χ0v) is 13.2. The van der Waals surface area contributed by atoms with Crippen LogP contribution in [0.3, 0.4) is 0 Å². The number of piperazine rings is 1. The zero-order valence-electron chi connectivity index (χ0n) is 12.4. The smallest absolute Gasteiger partial charge is 0.214 e. The van der Waals surface area contributed by atoms with Crippen LogP contribution in [0.2, 0.25) is 0 Å². The lowest BCUT2D eigenvalue weighted by Gasteiger charge is -2.36. The minimum absolute atomic E-state index is 0.296. The fourth-order valence-electron chi connectivity index (χ4n) is 4.01. The van der Waals surface area contributed by atoms with E-state index in [0.29, 0.717) is 25.3 Å². The summed E-state index contributed by atoms with van der Waals surface area (Å²) in [4.78, 5) is 2.47. The van der Waals surface area contributed by atoms with Gasteiger partial charge < -0.3 is 4.90 Å². The van der Waals surface area contributed by atoms with Crippen LogP contribution in [-0.4, -0.2) is 56.1 Å². The Morgan fingerprint density at radius 2 is 1.85 bits per heavy atom. The topological polar surface area (TPSA) is 40.6 Å². The quantitative estimate of drug-likeness (QED) is 0.723. The molecule has 114 valence electrons. The molecule has 2 fully saturated rings. The van der Waals surface area contributed by atoms with Gasteiger partial charge in [-0.05, 0) is 37.0 Å². The maximum absolute atomic E-state index is 12.0. The monoisotopic (exact) mass is 298 g/mol. The molecule has 3 atom stereocenters. The SMILES string of the molecule is CCCS(=O)(=O)N1CCN(C[C@H]2C[C@@H]3C=C[C@@H]2C3)CC1. The van der Waals surface area contributed by atoms with E-state index in [4.69, 9.17) is 0 Å². The first-order valence-corrected chi connectivity index (χ1v) is 9.58. The molecule has 2 bridgehead atoms. The Labute approximate surface area is 122 Å². The summed E-state index contributed by atoms with van der Waals surface area (Å²) in [6.07, 6.45) is 8.20. The van der Waals surface area contributed by atoms with Crippen molar-refractivity contribution in [3.05, 3.63) is 12.2 Å². The molecule has 0 N–H and O–H groups in total. The standard InChI is InChI=1S/C15H26N2O2S/c1-2-9-20(18,19)17-7-5-16(6-8-17)12-15-11-13-3-4-14(15)10-13/h3-4,13-15H,2,5-12H2,1H3/t13-,14-,15-/m1/s1. The summed E-state index contributed by atoms with van der Waals surface area (Å²) in [5.41, 5.74) is 0. The van der Waals surface area contributed by atoms with Crippen LogP contribution in [0.1, 0.15) is 26.2 Å². The second-order valence-electron chi connectivity index (χ2n) is 6.56. The molecule has 0 aromatic carbocycles. The number of fused-ring (bicyclic) bond motifs is 2. The summed E-state index contributed by atoms with van der Waals surface area (Å²) >= 11 is 0. The average Bonchev–Trinajstić information content (AvgIpc) is 3.01. The van der Waals surface area contributed by atoms with E-state index in [0.717, 1.165) is 37.4 Å². The van der Waals surface area contributed by atoms with Gasteiger partial charge in [-0.3, -0.25) is 0 Å². The molecule has 1 heterocycles. The highest BCUT2D eigenvalue weighted by atomic mass is 32.2. The molecular formula is C15H26N2O2S. The minimum atomic E-state index is -3.00. The van der Waals surface area contributed by atoms with Gasteiger partial charge in [0, 0.05) is 32.7 Å². The molecule has 0 aromatic rings. The summed E-state index contributed by atoms with van der Waals surface area (Å²) in [7, 11) is -3.00. The Kier molecular flexibility index (Phi) is 4.20. The third-order valence-corrected chi connectivity index (χ3v) is 7.17. The van der Waals surface area contributed by atoms with E-state index in [1.165, 1.54) is 12.8 Å². The lowest BCUT2D eigenvalue weighted by atomic mass is 9.93. The zero-order chi connectivity index (χ0) is 14.2. The van der Waals surface area contributed by atoms with E-state index < -0.39 is 10.0 Å². The first-order chi connectivity index (χ1) is 9.58. The molecule has 0 amide bonds. The van der Waals surface area contributed by atoms with E-state index in [1.54, 1.807) is 4.31 Å². The van der Waals surface area contributed by atoms with Crippen molar-refractivity contribution in [1.82, 2.24) is 9.21 Å². The van der Waals surface area contributed by atoms with Gasteiger partial charge in [0.05, 0.1) is 5.75 Å². The highest BCUT2D eigenvalue weighted by Crippen LogP contribution is 2.43. The normalized spacial score (nSPS) is 35.0. The molecular weight excluding hydrogens is 272 g/mol. The van der Waals surface area contributed by atoms with E-state index in [9.17, 15) is 8.42 Å². The highest BCUT2D eigenvalue weighted by molar-refractivity contribution is 7.89. The van der Waals surface area contributed by atoms with Crippen LogP contribution < -0.4 is 0 Å². The number of sulfonamides is 1. The Bertz CT molecular complexity index is 466. The Hall–Kier alpha value is -0.390. The lowest BCUT2D eigenvalue weighted by molar-refractivity contribution is 0.156. The molecule has 0 spiro atoms. The van der Waals surface area contributed by atoms with Crippen molar-refractivity contribution in [3.63, 3.8) is 0 Å². The largest absolute Gasteiger partial charge is 0.300 e. The number of allylic oxidation sites excluding steroid dienone is 2. The van der Waals surface area contributed by atoms with Gasteiger partial charge in [0.1, 0.15) is 0 Å². The molecule has 1 saturated heterocycles. The van der Waals surface area contributed by atoms with Crippen LogP contribution >= 0.6 is 0 Å².